The van der Waals surface area contributed by atoms with Gasteiger partial charge in [-0.25, -0.2) is 8.78 Å². The average molecular weight is 571 g/mol. The topological polar surface area (TPSA) is 98.1 Å². The molecule has 3 heterocycles. The number of terminal acetylenes is 1. The summed E-state index contributed by atoms with van der Waals surface area (Å²) in [5.74, 6) is 1.81. The number of piperazine rings is 1. The molecule has 1 aliphatic heterocycles. The Labute approximate surface area is 239 Å². The van der Waals surface area contributed by atoms with Crippen LogP contribution < -0.4 is 15.2 Å². The van der Waals surface area contributed by atoms with Gasteiger partial charge in [0.1, 0.15) is 17.4 Å². The summed E-state index contributed by atoms with van der Waals surface area (Å²) in [6.07, 6.45) is 5.45. The van der Waals surface area contributed by atoms with Crippen molar-refractivity contribution in [1.82, 2.24) is 14.5 Å². The number of anilines is 1. The van der Waals surface area contributed by atoms with Crippen molar-refractivity contribution in [2.24, 2.45) is 0 Å². The van der Waals surface area contributed by atoms with E-state index in [-0.39, 0.29) is 42.2 Å². The van der Waals surface area contributed by atoms with Crippen molar-refractivity contribution in [2.75, 3.05) is 38.2 Å². The van der Waals surface area contributed by atoms with Crippen LogP contribution in [0.2, 0.25) is 0 Å². The summed E-state index contributed by atoms with van der Waals surface area (Å²) in [6, 6.07) is 12.7. The van der Waals surface area contributed by atoms with Crippen LogP contribution in [0.25, 0.3) is 15.9 Å². The van der Waals surface area contributed by atoms with Crippen LogP contribution in [0, 0.1) is 40.7 Å². The van der Waals surface area contributed by atoms with Gasteiger partial charge in [-0.3, -0.25) is 24.4 Å². The van der Waals surface area contributed by atoms with Gasteiger partial charge in [0.25, 0.3) is 5.82 Å². The van der Waals surface area contributed by atoms with Gasteiger partial charge in [-0.05, 0) is 35.9 Å². The summed E-state index contributed by atoms with van der Waals surface area (Å²) in [6.45, 7) is 8.41. The molecular weight excluding hydrogens is 546 g/mol. The lowest BCUT2D eigenvalue weighted by Crippen LogP contribution is -2.48. The molecule has 0 N–H and O–H groups in total. The van der Waals surface area contributed by atoms with Crippen molar-refractivity contribution in [3.05, 3.63) is 109 Å². The number of rotatable bonds is 7. The molecular formula is C30H24F2N6O4. The van der Waals surface area contributed by atoms with Crippen LogP contribution in [0.5, 0.6) is 5.75 Å². The molecule has 0 amide bonds. The number of nitro groups is 1. The third-order valence-corrected chi connectivity index (χ3v) is 7.26. The first-order chi connectivity index (χ1) is 20.3. The third kappa shape index (κ3) is 5.11. The van der Waals surface area contributed by atoms with E-state index in [2.05, 4.69) is 20.6 Å². The molecule has 0 aliphatic carbocycles. The van der Waals surface area contributed by atoms with Gasteiger partial charge in [-0.15, -0.1) is 11.4 Å². The van der Waals surface area contributed by atoms with Crippen LogP contribution in [0.1, 0.15) is 17.2 Å². The molecule has 5 rings (SSSR count). The normalized spacial score (nSPS) is 14.3. The standard InChI is InChI=1S/C30H24F2N6O4/c1-4-13-37-23-11-12-25(33-2)34-26(23)28(29(30(37)39)38(40)41)36-16-14-35(15-17-36)27(19-5-7-20(31)8-6-19)22-10-9-21(32)18-24(22)42-3/h1,5-12,18,27H,13-17H2,3H3. The maximum Gasteiger partial charge on any atom is 0.361 e. The minimum absolute atomic E-state index is 0.0161. The molecule has 0 bridgehead atoms. The highest BCUT2D eigenvalue weighted by Crippen LogP contribution is 2.38. The maximum atomic E-state index is 14.1. The first-order valence-corrected chi connectivity index (χ1v) is 12.9. The molecule has 0 radical (unpaired) electrons. The van der Waals surface area contributed by atoms with Crippen LogP contribution in [-0.2, 0) is 6.54 Å². The fourth-order valence-corrected chi connectivity index (χ4v) is 5.41. The highest BCUT2D eigenvalue weighted by molar-refractivity contribution is 5.94. The van der Waals surface area contributed by atoms with Crippen LogP contribution in [0.3, 0.4) is 0 Å². The Hall–Kier alpha value is -5.33. The second-order valence-electron chi connectivity index (χ2n) is 9.56. The van der Waals surface area contributed by atoms with Gasteiger partial charge in [0.2, 0.25) is 5.52 Å². The number of hydrogen-bond acceptors (Lipinski definition) is 7. The zero-order valence-electron chi connectivity index (χ0n) is 22.5. The molecule has 212 valence electrons. The van der Waals surface area contributed by atoms with Crippen molar-refractivity contribution in [3.63, 3.8) is 0 Å². The largest absolute Gasteiger partial charge is 0.496 e. The lowest BCUT2D eigenvalue weighted by molar-refractivity contribution is -0.385. The van der Waals surface area contributed by atoms with E-state index in [0.29, 0.717) is 24.4 Å². The van der Waals surface area contributed by atoms with Crippen molar-refractivity contribution >= 4 is 28.2 Å². The van der Waals surface area contributed by atoms with Crippen molar-refractivity contribution in [1.29, 1.82) is 0 Å². The Kier molecular flexibility index (Phi) is 7.82. The highest BCUT2D eigenvalue weighted by atomic mass is 19.1. The molecule has 1 unspecified atom stereocenters. The molecule has 2 aromatic carbocycles. The summed E-state index contributed by atoms with van der Waals surface area (Å²) >= 11 is 0. The summed E-state index contributed by atoms with van der Waals surface area (Å²) in [4.78, 5) is 36.3. The van der Waals surface area contributed by atoms with E-state index >= 15 is 0 Å². The number of pyridine rings is 2. The van der Waals surface area contributed by atoms with Crippen LogP contribution in [0.15, 0.2) is 59.4 Å². The molecule has 42 heavy (non-hydrogen) atoms. The number of hydrogen-bond donors (Lipinski definition) is 0. The summed E-state index contributed by atoms with van der Waals surface area (Å²) in [5, 5.41) is 12.2. The monoisotopic (exact) mass is 570 g/mol. The van der Waals surface area contributed by atoms with E-state index in [0.717, 1.165) is 10.1 Å². The lowest BCUT2D eigenvalue weighted by atomic mass is 9.95. The van der Waals surface area contributed by atoms with Crippen molar-refractivity contribution < 1.29 is 18.4 Å². The number of ether oxygens (including phenoxy) is 1. The zero-order valence-corrected chi connectivity index (χ0v) is 22.5. The third-order valence-electron chi connectivity index (χ3n) is 7.26. The van der Waals surface area contributed by atoms with E-state index in [4.69, 9.17) is 17.7 Å². The number of methoxy groups -OCH3 is 1. The Balaban J connectivity index is 1.58. The Bertz CT molecular complexity index is 1820. The predicted octanol–water partition coefficient (Wildman–Crippen LogP) is 4.69. The zero-order chi connectivity index (χ0) is 30.0. The molecule has 1 aliphatic rings. The van der Waals surface area contributed by atoms with E-state index in [1.165, 1.54) is 43.5 Å². The van der Waals surface area contributed by atoms with Gasteiger partial charge in [-0.2, -0.15) is 0 Å². The van der Waals surface area contributed by atoms with Gasteiger partial charge in [0, 0.05) is 37.8 Å². The number of benzene rings is 2. The van der Waals surface area contributed by atoms with Crippen molar-refractivity contribution in [2.45, 2.75) is 12.6 Å². The highest BCUT2D eigenvalue weighted by Gasteiger charge is 2.36. The molecule has 0 saturated carbocycles. The minimum atomic E-state index is -0.861. The van der Waals surface area contributed by atoms with Gasteiger partial charge < -0.3 is 14.5 Å². The maximum absolute atomic E-state index is 14.1. The first-order valence-electron chi connectivity index (χ1n) is 12.9. The fourth-order valence-electron chi connectivity index (χ4n) is 5.41. The Morgan fingerprint density at radius 2 is 1.81 bits per heavy atom. The fraction of sp³-hybridized carbons (Fsp3) is 0.233. The molecule has 4 aromatic rings. The molecule has 1 fully saturated rings. The summed E-state index contributed by atoms with van der Waals surface area (Å²) in [5.41, 5.74) is 0.317. The van der Waals surface area contributed by atoms with E-state index in [1.807, 2.05) is 0 Å². The number of aromatic nitrogens is 2. The second kappa shape index (κ2) is 11.6. The van der Waals surface area contributed by atoms with E-state index in [9.17, 15) is 23.7 Å². The molecule has 2 aromatic heterocycles. The van der Waals surface area contributed by atoms with Crippen LogP contribution in [-0.4, -0.2) is 52.7 Å². The smallest absolute Gasteiger partial charge is 0.361 e. The van der Waals surface area contributed by atoms with Crippen molar-refractivity contribution in [3.8, 4) is 18.1 Å². The Morgan fingerprint density at radius 1 is 1.12 bits per heavy atom. The van der Waals surface area contributed by atoms with Gasteiger partial charge in [-0.1, -0.05) is 30.7 Å². The second-order valence-corrected chi connectivity index (χ2v) is 9.56. The first kappa shape index (κ1) is 28.2. The summed E-state index contributed by atoms with van der Waals surface area (Å²) < 4.78 is 34.5. The molecule has 10 nitrogen and oxygen atoms in total. The van der Waals surface area contributed by atoms with Gasteiger partial charge in [0.05, 0.1) is 30.1 Å². The van der Waals surface area contributed by atoms with E-state index in [1.54, 1.807) is 23.1 Å². The Morgan fingerprint density at radius 3 is 2.43 bits per heavy atom. The molecule has 1 atom stereocenters. The van der Waals surface area contributed by atoms with Crippen LogP contribution in [0.4, 0.5) is 26.0 Å². The number of halogens is 2. The molecule has 0 spiro atoms. The predicted molar refractivity (Wildman–Crippen MR) is 153 cm³/mol. The van der Waals surface area contributed by atoms with E-state index < -0.39 is 33.8 Å². The number of nitrogens with zero attached hydrogens (tertiary/aromatic N) is 6. The van der Waals surface area contributed by atoms with Crippen LogP contribution >= 0.6 is 0 Å². The lowest BCUT2D eigenvalue weighted by Gasteiger charge is -2.40. The molecule has 12 heteroatoms. The van der Waals surface area contributed by atoms with Gasteiger partial charge in [0.15, 0.2) is 5.69 Å². The minimum Gasteiger partial charge on any atom is -0.496 e. The SMILES string of the molecule is [C-]#[N+]c1ccc2c(n1)c(N1CCN(C(c3ccc(F)cc3)c3ccc(F)cc3OC)CC1)c([N+](=O)[O-])c(=O)n2CC#C. The number of fused-ring (bicyclic) bond motifs is 1. The average Bonchev–Trinajstić information content (AvgIpc) is 3.00. The summed E-state index contributed by atoms with van der Waals surface area (Å²) in [7, 11) is 1.44. The van der Waals surface area contributed by atoms with Gasteiger partial charge >= 0.3 is 11.2 Å². The molecule has 1 saturated heterocycles. The quantitative estimate of drug-likeness (QED) is 0.138.